The number of thioether (sulfide) groups is 1. The molecule has 0 aromatic heterocycles. The molecule has 1 unspecified atom stereocenters. The Labute approximate surface area is 117 Å². The summed E-state index contributed by atoms with van der Waals surface area (Å²) in [7, 11) is -3.55. The highest BCUT2D eigenvalue weighted by Gasteiger charge is 2.44. The Morgan fingerprint density at radius 3 is 2.47 bits per heavy atom. The van der Waals surface area contributed by atoms with Gasteiger partial charge in [-0.25, -0.2) is 8.42 Å². The highest BCUT2D eigenvalue weighted by atomic mass is 32.2. The highest BCUT2D eigenvalue weighted by molar-refractivity contribution is 7.99. The van der Waals surface area contributed by atoms with Crippen molar-refractivity contribution in [2.45, 2.75) is 31.1 Å². The molecule has 8 heteroatoms. The maximum absolute atomic E-state index is 12.4. The number of hydrogen-bond donors (Lipinski definition) is 1. The number of hydrogen-bond acceptors (Lipinski definition) is 5. The Morgan fingerprint density at radius 2 is 2.00 bits per heavy atom. The molecule has 1 aliphatic rings. The topological polar surface area (TPSA) is 91.8 Å². The van der Waals surface area contributed by atoms with Crippen molar-refractivity contribution in [3.05, 3.63) is 0 Å². The lowest BCUT2D eigenvalue weighted by molar-refractivity contribution is -0.141. The van der Waals surface area contributed by atoms with Crippen molar-refractivity contribution in [2.75, 3.05) is 24.3 Å². The molecule has 1 rings (SSSR count). The second kappa shape index (κ2) is 5.70. The molecule has 1 aliphatic heterocycles. The van der Waals surface area contributed by atoms with Crippen LogP contribution in [0.25, 0.3) is 0 Å². The molecule has 110 valence electrons. The van der Waals surface area contributed by atoms with Gasteiger partial charge in [-0.15, -0.1) is 0 Å². The number of rotatable bonds is 4. The lowest BCUT2D eigenvalue weighted by atomic mass is 10.1. The van der Waals surface area contributed by atoms with Gasteiger partial charge in [0, 0.05) is 24.3 Å². The molecule has 1 heterocycles. The number of carbonyl (C=O) groups is 2. The fourth-order valence-electron chi connectivity index (χ4n) is 1.80. The lowest BCUT2D eigenvalue weighted by Crippen LogP contribution is -2.56. The van der Waals surface area contributed by atoms with E-state index in [-0.39, 0.29) is 6.42 Å². The number of nitrogens with zero attached hydrogens (tertiary/aromatic N) is 1. The summed E-state index contributed by atoms with van der Waals surface area (Å²) in [6.07, 6.45) is 0.869. The first-order valence-electron chi connectivity index (χ1n) is 5.87. The van der Waals surface area contributed by atoms with Crippen LogP contribution in [0.5, 0.6) is 0 Å². The smallest absolute Gasteiger partial charge is 0.305 e. The van der Waals surface area contributed by atoms with Crippen molar-refractivity contribution >= 4 is 33.5 Å². The Bertz CT molecular complexity index is 471. The molecule has 0 saturated carbocycles. The Kier molecular flexibility index (Phi) is 4.89. The van der Waals surface area contributed by atoms with Gasteiger partial charge >= 0.3 is 5.97 Å². The normalized spacial score (nSPS) is 21.2. The fraction of sp³-hybridized carbons (Fsp3) is 0.818. The van der Waals surface area contributed by atoms with Crippen LogP contribution < -0.4 is 0 Å². The second-order valence-corrected chi connectivity index (χ2v) is 8.82. The van der Waals surface area contributed by atoms with Crippen LogP contribution in [0.1, 0.15) is 20.3 Å². The average molecular weight is 309 g/mol. The van der Waals surface area contributed by atoms with Gasteiger partial charge in [0.05, 0.1) is 12.5 Å². The van der Waals surface area contributed by atoms with Crippen molar-refractivity contribution in [3.8, 4) is 0 Å². The Hall–Kier alpha value is -0.760. The van der Waals surface area contributed by atoms with Crippen molar-refractivity contribution in [1.82, 2.24) is 4.90 Å². The van der Waals surface area contributed by atoms with Crippen molar-refractivity contribution in [3.63, 3.8) is 0 Å². The van der Waals surface area contributed by atoms with Gasteiger partial charge in [-0.05, 0) is 13.8 Å². The second-order valence-electron chi connectivity index (χ2n) is 5.11. The van der Waals surface area contributed by atoms with Crippen LogP contribution in [-0.4, -0.2) is 65.4 Å². The van der Waals surface area contributed by atoms with E-state index >= 15 is 0 Å². The summed E-state index contributed by atoms with van der Waals surface area (Å²) in [6.45, 7) is 3.12. The van der Waals surface area contributed by atoms with E-state index in [1.165, 1.54) is 18.7 Å². The van der Waals surface area contributed by atoms with E-state index < -0.39 is 32.5 Å². The summed E-state index contributed by atoms with van der Waals surface area (Å²) in [4.78, 5) is 24.6. The number of carboxylic acids is 1. The Morgan fingerprint density at radius 1 is 1.42 bits per heavy atom. The number of carbonyl (C=O) groups excluding carboxylic acids is 1. The number of aliphatic carboxylic acids is 1. The molecule has 1 fully saturated rings. The van der Waals surface area contributed by atoms with E-state index in [4.69, 9.17) is 5.11 Å². The van der Waals surface area contributed by atoms with Crippen molar-refractivity contribution < 1.29 is 23.1 Å². The third-order valence-electron chi connectivity index (χ3n) is 3.34. The van der Waals surface area contributed by atoms with E-state index in [1.807, 2.05) is 0 Å². The predicted octanol–water partition coefficient (Wildman–Crippen LogP) is 0.228. The molecule has 0 aromatic carbocycles. The van der Waals surface area contributed by atoms with Crippen LogP contribution in [0.15, 0.2) is 0 Å². The van der Waals surface area contributed by atoms with Crippen LogP contribution >= 0.6 is 11.8 Å². The summed E-state index contributed by atoms with van der Waals surface area (Å²) in [5.74, 6) is -0.274. The minimum atomic E-state index is -3.55. The standard InChI is InChI=1S/C11H19NO5S2/c1-11(2,19(3,16)17)10(15)12-4-5-18-7-8(12)6-9(13)14/h8H,4-7H2,1-3H3,(H,13,14). The zero-order chi connectivity index (χ0) is 14.8. The van der Waals surface area contributed by atoms with Gasteiger partial charge in [0.25, 0.3) is 0 Å². The van der Waals surface area contributed by atoms with Gasteiger partial charge in [-0.3, -0.25) is 9.59 Å². The number of carboxylic acid groups (broad SMARTS) is 1. The Balaban J connectivity index is 2.98. The van der Waals surface area contributed by atoms with Gasteiger partial charge in [0.2, 0.25) is 5.91 Å². The third-order valence-corrected chi connectivity index (χ3v) is 6.46. The first-order valence-corrected chi connectivity index (χ1v) is 8.92. The van der Waals surface area contributed by atoms with Crippen LogP contribution in [0, 0.1) is 0 Å². The largest absolute Gasteiger partial charge is 0.481 e. The van der Waals surface area contributed by atoms with Crippen LogP contribution in [-0.2, 0) is 19.4 Å². The van der Waals surface area contributed by atoms with E-state index in [1.54, 1.807) is 11.8 Å². The lowest BCUT2D eigenvalue weighted by Gasteiger charge is -2.38. The molecule has 0 aliphatic carbocycles. The first kappa shape index (κ1) is 16.3. The van der Waals surface area contributed by atoms with Crippen molar-refractivity contribution in [1.29, 1.82) is 0 Å². The SMILES string of the molecule is CC(C)(C(=O)N1CCSCC1CC(=O)O)S(C)(=O)=O. The predicted molar refractivity (Wildman–Crippen MR) is 74.0 cm³/mol. The summed E-state index contributed by atoms with van der Waals surface area (Å²) in [5, 5.41) is 8.86. The van der Waals surface area contributed by atoms with E-state index in [9.17, 15) is 18.0 Å². The molecule has 0 bridgehead atoms. The third kappa shape index (κ3) is 3.62. The average Bonchev–Trinajstić information content (AvgIpc) is 2.26. The maximum Gasteiger partial charge on any atom is 0.305 e. The molecule has 0 aromatic rings. The summed E-state index contributed by atoms with van der Waals surface area (Å²) in [5.41, 5.74) is 0. The zero-order valence-electron chi connectivity index (χ0n) is 11.2. The highest BCUT2D eigenvalue weighted by Crippen LogP contribution is 2.25. The zero-order valence-corrected chi connectivity index (χ0v) is 12.9. The number of amides is 1. The molecular weight excluding hydrogens is 290 g/mol. The monoisotopic (exact) mass is 309 g/mol. The fourth-order valence-corrected chi connectivity index (χ4v) is 3.29. The molecule has 1 saturated heterocycles. The van der Waals surface area contributed by atoms with Gasteiger partial charge in [-0.2, -0.15) is 11.8 Å². The molecular formula is C11H19NO5S2. The molecule has 19 heavy (non-hydrogen) atoms. The van der Waals surface area contributed by atoms with Gasteiger partial charge in [-0.1, -0.05) is 0 Å². The first-order chi connectivity index (χ1) is 8.57. The van der Waals surface area contributed by atoms with Gasteiger partial charge < -0.3 is 10.0 Å². The maximum atomic E-state index is 12.4. The summed E-state index contributed by atoms with van der Waals surface area (Å²) < 4.78 is 21.9. The number of sulfone groups is 1. The summed E-state index contributed by atoms with van der Waals surface area (Å²) >= 11 is 1.58. The molecule has 1 atom stereocenters. The van der Waals surface area contributed by atoms with Crippen molar-refractivity contribution in [2.24, 2.45) is 0 Å². The van der Waals surface area contributed by atoms with Crippen LogP contribution in [0.2, 0.25) is 0 Å². The quantitative estimate of drug-likeness (QED) is 0.799. The van der Waals surface area contributed by atoms with Gasteiger partial charge in [0.15, 0.2) is 9.84 Å². The molecule has 0 spiro atoms. The van der Waals surface area contributed by atoms with Crippen LogP contribution in [0.3, 0.4) is 0 Å². The molecule has 1 N–H and O–H groups in total. The molecule has 1 amide bonds. The van der Waals surface area contributed by atoms with E-state index in [0.717, 1.165) is 6.26 Å². The summed E-state index contributed by atoms with van der Waals surface area (Å²) in [6, 6.07) is -0.440. The van der Waals surface area contributed by atoms with Gasteiger partial charge in [0.1, 0.15) is 4.75 Å². The molecule has 0 radical (unpaired) electrons. The van der Waals surface area contributed by atoms with E-state index in [2.05, 4.69) is 0 Å². The minimum absolute atomic E-state index is 0.154. The molecule has 6 nitrogen and oxygen atoms in total. The minimum Gasteiger partial charge on any atom is -0.481 e. The van der Waals surface area contributed by atoms with Crippen LogP contribution in [0.4, 0.5) is 0 Å². The van der Waals surface area contributed by atoms with E-state index in [0.29, 0.717) is 18.1 Å².